The van der Waals surface area contributed by atoms with Gasteiger partial charge in [-0.1, -0.05) is 12.7 Å². The third kappa shape index (κ3) is 1.64. The lowest BCUT2D eigenvalue weighted by molar-refractivity contribution is -0.132. The van der Waals surface area contributed by atoms with Gasteiger partial charge in [-0.3, -0.25) is 4.79 Å². The highest BCUT2D eigenvalue weighted by molar-refractivity contribution is 5.86. The molecular weight excluding hydrogens is 168 g/mol. The molecule has 2 heterocycles. The van der Waals surface area contributed by atoms with Gasteiger partial charge in [0.2, 0.25) is 0 Å². The molecule has 2 aliphatic heterocycles. The van der Waals surface area contributed by atoms with Crippen LogP contribution in [0, 0.1) is 0 Å². The summed E-state index contributed by atoms with van der Waals surface area (Å²) in [7, 11) is 0. The molecule has 4 nitrogen and oxygen atoms in total. The maximum absolute atomic E-state index is 11.4. The zero-order valence-corrected chi connectivity index (χ0v) is 7.30. The van der Waals surface area contributed by atoms with Crippen LogP contribution in [0.4, 0.5) is 0 Å². The lowest BCUT2D eigenvalue weighted by atomic mass is 10.1. The number of amides is 1. The molecule has 0 radical (unpaired) electrons. The Bertz CT molecular complexity index is 283. The van der Waals surface area contributed by atoms with E-state index in [1.807, 2.05) is 6.08 Å². The van der Waals surface area contributed by atoms with Gasteiger partial charge >= 0.3 is 0 Å². The summed E-state index contributed by atoms with van der Waals surface area (Å²) in [6.07, 6.45) is 1.58. The molecule has 0 spiro atoms. The molecule has 2 rings (SSSR count). The standard InChI is InChI=1S/C9H12N2O2/c1-6-5-13-8(9(12)11-6)7-2-3-10-4-7/h2,8,10H,1,3-5H2,(H,11,12). The van der Waals surface area contributed by atoms with Crippen LogP contribution in [0.2, 0.25) is 0 Å². The number of hydrogen-bond acceptors (Lipinski definition) is 3. The fourth-order valence-corrected chi connectivity index (χ4v) is 1.50. The molecule has 13 heavy (non-hydrogen) atoms. The van der Waals surface area contributed by atoms with Gasteiger partial charge in [-0.25, -0.2) is 0 Å². The fourth-order valence-electron chi connectivity index (χ4n) is 1.50. The van der Waals surface area contributed by atoms with E-state index in [0.29, 0.717) is 12.3 Å². The Morgan fingerprint density at radius 3 is 3.08 bits per heavy atom. The number of rotatable bonds is 1. The smallest absolute Gasteiger partial charge is 0.257 e. The van der Waals surface area contributed by atoms with Gasteiger partial charge in [0.1, 0.15) is 0 Å². The summed E-state index contributed by atoms with van der Waals surface area (Å²) in [4.78, 5) is 11.4. The van der Waals surface area contributed by atoms with E-state index >= 15 is 0 Å². The summed E-state index contributed by atoms with van der Waals surface area (Å²) in [5.41, 5.74) is 1.65. The summed E-state index contributed by atoms with van der Waals surface area (Å²) in [5, 5.41) is 5.81. The van der Waals surface area contributed by atoms with E-state index in [4.69, 9.17) is 4.74 Å². The van der Waals surface area contributed by atoms with Crippen molar-refractivity contribution in [3.05, 3.63) is 23.9 Å². The topological polar surface area (TPSA) is 50.4 Å². The van der Waals surface area contributed by atoms with E-state index in [9.17, 15) is 4.79 Å². The lowest BCUT2D eigenvalue weighted by Crippen LogP contribution is -2.44. The Hall–Kier alpha value is -1.13. The summed E-state index contributed by atoms with van der Waals surface area (Å²) in [6, 6.07) is 0. The minimum atomic E-state index is -0.416. The van der Waals surface area contributed by atoms with E-state index in [1.165, 1.54) is 0 Å². The lowest BCUT2D eigenvalue weighted by Gasteiger charge is -2.24. The molecule has 1 amide bonds. The summed E-state index contributed by atoms with van der Waals surface area (Å²) in [6.45, 7) is 5.61. The van der Waals surface area contributed by atoms with Gasteiger partial charge in [-0.05, 0) is 5.57 Å². The molecule has 4 heteroatoms. The van der Waals surface area contributed by atoms with Crippen molar-refractivity contribution in [2.75, 3.05) is 19.7 Å². The quantitative estimate of drug-likeness (QED) is 0.537. The molecule has 2 aliphatic rings. The Kier molecular flexibility index (Phi) is 2.16. The van der Waals surface area contributed by atoms with Crippen LogP contribution in [0.3, 0.4) is 0 Å². The predicted octanol–water partition coefficient (Wildman–Crippen LogP) is -0.455. The molecule has 0 aliphatic carbocycles. The second-order valence-electron chi connectivity index (χ2n) is 3.19. The van der Waals surface area contributed by atoms with Crippen molar-refractivity contribution in [2.24, 2.45) is 0 Å². The van der Waals surface area contributed by atoms with Gasteiger partial charge < -0.3 is 15.4 Å². The van der Waals surface area contributed by atoms with Gasteiger partial charge in [0.15, 0.2) is 6.10 Å². The molecule has 2 N–H and O–H groups in total. The highest BCUT2D eigenvalue weighted by Gasteiger charge is 2.28. The van der Waals surface area contributed by atoms with Gasteiger partial charge in [-0.2, -0.15) is 0 Å². The average Bonchev–Trinajstić information content (AvgIpc) is 2.56. The Morgan fingerprint density at radius 1 is 1.62 bits per heavy atom. The normalized spacial score (nSPS) is 28.6. The average molecular weight is 180 g/mol. The van der Waals surface area contributed by atoms with E-state index in [1.54, 1.807) is 0 Å². The van der Waals surface area contributed by atoms with Crippen LogP contribution in [0.15, 0.2) is 23.9 Å². The third-order valence-corrected chi connectivity index (χ3v) is 2.14. The second kappa shape index (κ2) is 3.32. The predicted molar refractivity (Wildman–Crippen MR) is 48.0 cm³/mol. The minimum absolute atomic E-state index is 0.105. The Morgan fingerprint density at radius 2 is 2.46 bits per heavy atom. The summed E-state index contributed by atoms with van der Waals surface area (Å²) < 4.78 is 5.37. The maximum Gasteiger partial charge on any atom is 0.257 e. The van der Waals surface area contributed by atoms with Crippen molar-refractivity contribution >= 4 is 5.91 Å². The van der Waals surface area contributed by atoms with Gasteiger partial charge in [0.25, 0.3) is 5.91 Å². The summed E-state index contributed by atoms with van der Waals surface area (Å²) in [5.74, 6) is -0.105. The van der Waals surface area contributed by atoms with Gasteiger partial charge in [0.05, 0.1) is 6.61 Å². The van der Waals surface area contributed by atoms with Crippen LogP contribution in [0.5, 0.6) is 0 Å². The molecule has 70 valence electrons. The molecule has 1 atom stereocenters. The van der Waals surface area contributed by atoms with E-state index in [2.05, 4.69) is 17.2 Å². The Labute approximate surface area is 76.6 Å². The van der Waals surface area contributed by atoms with Crippen LogP contribution >= 0.6 is 0 Å². The number of morpholine rings is 1. The molecule has 1 fully saturated rings. The van der Waals surface area contributed by atoms with Crippen molar-refractivity contribution in [1.29, 1.82) is 0 Å². The van der Waals surface area contributed by atoms with E-state index in [-0.39, 0.29) is 5.91 Å². The molecule has 0 aromatic heterocycles. The molecular formula is C9H12N2O2. The number of hydrogen-bond donors (Lipinski definition) is 2. The zero-order valence-electron chi connectivity index (χ0n) is 7.30. The van der Waals surface area contributed by atoms with Crippen molar-refractivity contribution in [3.63, 3.8) is 0 Å². The molecule has 0 aromatic carbocycles. The number of carbonyl (C=O) groups is 1. The Balaban J connectivity index is 2.07. The molecule has 0 saturated carbocycles. The van der Waals surface area contributed by atoms with Crippen molar-refractivity contribution in [3.8, 4) is 0 Å². The number of ether oxygens (including phenoxy) is 1. The van der Waals surface area contributed by atoms with Gasteiger partial charge in [0, 0.05) is 18.8 Å². The van der Waals surface area contributed by atoms with Gasteiger partial charge in [-0.15, -0.1) is 0 Å². The minimum Gasteiger partial charge on any atom is -0.358 e. The molecule has 1 saturated heterocycles. The summed E-state index contributed by atoms with van der Waals surface area (Å²) >= 11 is 0. The highest BCUT2D eigenvalue weighted by Crippen LogP contribution is 2.14. The highest BCUT2D eigenvalue weighted by atomic mass is 16.5. The maximum atomic E-state index is 11.4. The van der Waals surface area contributed by atoms with Crippen molar-refractivity contribution in [2.45, 2.75) is 6.10 Å². The van der Waals surface area contributed by atoms with Crippen LogP contribution in [0.25, 0.3) is 0 Å². The zero-order chi connectivity index (χ0) is 9.26. The molecule has 0 bridgehead atoms. The fraction of sp³-hybridized carbons (Fsp3) is 0.444. The van der Waals surface area contributed by atoms with Crippen LogP contribution in [-0.2, 0) is 9.53 Å². The number of nitrogens with one attached hydrogen (secondary N) is 2. The second-order valence-corrected chi connectivity index (χ2v) is 3.19. The largest absolute Gasteiger partial charge is 0.358 e. The number of carbonyl (C=O) groups excluding carboxylic acids is 1. The first kappa shape index (κ1) is 8.47. The third-order valence-electron chi connectivity index (χ3n) is 2.14. The molecule has 0 aromatic rings. The SMILES string of the molecule is C=C1COC(C2=CCNC2)C(=O)N1. The van der Waals surface area contributed by atoms with Crippen molar-refractivity contribution < 1.29 is 9.53 Å². The van der Waals surface area contributed by atoms with Crippen molar-refractivity contribution in [1.82, 2.24) is 10.6 Å². The first-order valence-electron chi connectivity index (χ1n) is 4.27. The van der Waals surface area contributed by atoms with Crippen LogP contribution in [0.1, 0.15) is 0 Å². The first-order valence-corrected chi connectivity index (χ1v) is 4.27. The molecule has 1 unspecified atom stereocenters. The van der Waals surface area contributed by atoms with Crippen LogP contribution in [-0.4, -0.2) is 31.7 Å². The van der Waals surface area contributed by atoms with Crippen LogP contribution < -0.4 is 10.6 Å². The van der Waals surface area contributed by atoms with E-state index < -0.39 is 6.10 Å². The van der Waals surface area contributed by atoms with E-state index in [0.717, 1.165) is 18.7 Å². The monoisotopic (exact) mass is 180 g/mol. The first-order chi connectivity index (χ1) is 6.27.